The van der Waals surface area contributed by atoms with Crippen LogP contribution in [0.4, 0.5) is 5.82 Å². The first-order chi connectivity index (χ1) is 8.79. The van der Waals surface area contributed by atoms with Crippen molar-refractivity contribution in [1.29, 1.82) is 0 Å². The molecule has 1 aliphatic rings. The predicted molar refractivity (Wildman–Crippen MR) is 72.0 cm³/mol. The van der Waals surface area contributed by atoms with Crippen molar-refractivity contribution in [3.63, 3.8) is 0 Å². The lowest BCUT2D eigenvalue weighted by Crippen LogP contribution is -2.22. The van der Waals surface area contributed by atoms with Crippen LogP contribution in [0.25, 0.3) is 0 Å². The van der Waals surface area contributed by atoms with Crippen molar-refractivity contribution in [2.24, 2.45) is 5.92 Å². The first-order valence-electron chi connectivity index (χ1n) is 6.55. The van der Waals surface area contributed by atoms with Crippen LogP contribution in [0.3, 0.4) is 0 Å². The van der Waals surface area contributed by atoms with Gasteiger partial charge in [0.05, 0.1) is 19.8 Å². The van der Waals surface area contributed by atoms with Crippen molar-refractivity contribution in [2.45, 2.75) is 13.3 Å². The summed E-state index contributed by atoms with van der Waals surface area (Å²) in [6, 6.07) is 6.19. The maximum Gasteiger partial charge on any atom is 0.128 e. The quantitative estimate of drug-likeness (QED) is 0.722. The van der Waals surface area contributed by atoms with Gasteiger partial charge in [-0.1, -0.05) is 6.07 Å². The Bertz CT molecular complexity index is 371. The SMILES string of the molecule is COCCOC[C@H]1CCN(c2cccc(C)n2)C1. The second-order valence-corrected chi connectivity index (χ2v) is 4.81. The fourth-order valence-corrected chi connectivity index (χ4v) is 2.27. The maximum absolute atomic E-state index is 5.59. The number of ether oxygens (including phenoxy) is 2. The molecule has 0 radical (unpaired) electrons. The molecule has 0 bridgehead atoms. The van der Waals surface area contributed by atoms with Crippen LogP contribution in [-0.4, -0.2) is 45.0 Å². The summed E-state index contributed by atoms with van der Waals surface area (Å²) in [6.07, 6.45) is 1.18. The Morgan fingerprint density at radius 2 is 2.28 bits per heavy atom. The summed E-state index contributed by atoms with van der Waals surface area (Å²) < 4.78 is 10.6. The second kappa shape index (κ2) is 6.71. The van der Waals surface area contributed by atoms with E-state index in [0.29, 0.717) is 19.1 Å². The largest absolute Gasteiger partial charge is 0.382 e. The van der Waals surface area contributed by atoms with Crippen molar-refractivity contribution < 1.29 is 9.47 Å². The highest BCUT2D eigenvalue weighted by Crippen LogP contribution is 2.22. The smallest absolute Gasteiger partial charge is 0.128 e. The molecule has 0 spiro atoms. The lowest BCUT2D eigenvalue weighted by atomic mass is 10.1. The molecular formula is C14H22N2O2. The van der Waals surface area contributed by atoms with E-state index < -0.39 is 0 Å². The van der Waals surface area contributed by atoms with Gasteiger partial charge in [-0.25, -0.2) is 4.98 Å². The molecular weight excluding hydrogens is 228 g/mol. The van der Waals surface area contributed by atoms with Gasteiger partial charge in [0.15, 0.2) is 0 Å². The van der Waals surface area contributed by atoms with E-state index in [-0.39, 0.29) is 0 Å². The van der Waals surface area contributed by atoms with Gasteiger partial charge in [-0.3, -0.25) is 0 Å². The molecule has 1 aromatic heterocycles. The zero-order chi connectivity index (χ0) is 12.8. The van der Waals surface area contributed by atoms with Gasteiger partial charge in [-0.2, -0.15) is 0 Å². The molecule has 4 nitrogen and oxygen atoms in total. The van der Waals surface area contributed by atoms with Crippen molar-refractivity contribution in [2.75, 3.05) is 44.9 Å². The van der Waals surface area contributed by atoms with Crippen LogP contribution in [0.2, 0.25) is 0 Å². The van der Waals surface area contributed by atoms with E-state index in [9.17, 15) is 0 Å². The van der Waals surface area contributed by atoms with E-state index in [0.717, 1.165) is 31.2 Å². The number of methoxy groups -OCH3 is 1. The third kappa shape index (κ3) is 3.68. The fraction of sp³-hybridized carbons (Fsp3) is 0.643. The van der Waals surface area contributed by atoms with Gasteiger partial charge < -0.3 is 14.4 Å². The number of anilines is 1. The standard InChI is InChI=1S/C14H22N2O2/c1-12-4-3-5-14(15-12)16-7-6-13(10-16)11-18-9-8-17-2/h3-5,13H,6-11H2,1-2H3/t13-/m0/s1. The molecule has 100 valence electrons. The summed E-state index contributed by atoms with van der Waals surface area (Å²) in [5.74, 6) is 1.71. The summed E-state index contributed by atoms with van der Waals surface area (Å²) in [5.41, 5.74) is 1.08. The van der Waals surface area contributed by atoms with Crippen LogP contribution in [0.1, 0.15) is 12.1 Å². The van der Waals surface area contributed by atoms with Gasteiger partial charge in [-0.15, -0.1) is 0 Å². The molecule has 0 aromatic carbocycles. The number of hydrogen-bond acceptors (Lipinski definition) is 4. The minimum atomic E-state index is 0.615. The van der Waals surface area contributed by atoms with E-state index >= 15 is 0 Å². The van der Waals surface area contributed by atoms with Crippen molar-refractivity contribution >= 4 is 5.82 Å². The normalized spacial score (nSPS) is 19.4. The lowest BCUT2D eigenvalue weighted by molar-refractivity contribution is 0.0549. The summed E-state index contributed by atoms with van der Waals surface area (Å²) in [4.78, 5) is 6.91. The van der Waals surface area contributed by atoms with Gasteiger partial charge in [0.25, 0.3) is 0 Å². The molecule has 4 heteroatoms. The fourth-order valence-electron chi connectivity index (χ4n) is 2.27. The van der Waals surface area contributed by atoms with Crippen molar-refractivity contribution in [1.82, 2.24) is 4.98 Å². The third-order valence-electron chi connectivity index (χ3n) is 3.27. The average molecular weight is 250 g/mol. The van der Waals surface area contributed by atoms with E-state index in [1.165, 1.54) is 6.42 Å². The Kier molecular flexibility index (Phi) is 4.96. The van der Waals surface area contributed by atoms with Gasteiger partial charge in [-0.05, 0) is 25.5 Å². The second-order valence-electron chi connectivity index (χ2n) is 4.81. The summed E-state index contributed by atoms with van der Waals surface area (Å²) in [5, 5.41) is 0. The Morgan fingerprint density at radius 3 is 3.06 bits per heavy atom. The highest BCUT2D eigenvalue weighted by atomic mass is 16.5. The minimum absolute atomic E-state index is 0.615. The summed E-state index contributed by atoms with van der Waals surface area (Å²) in [7, 11) is 1.70. The van der Waals surface area contributed by atoms with Gasteiger partial charge in [0.1, 0.15) is 5.82 Å². The van der Waals surface area contributed by atoms with Crippen LogP contribution < -0.4 is 4.90 Å². The molecule has 2 rings (SSSR count). The first-order valence-corrected chi connectivity index (χ1v) is 6.55. The number of nitrogens with zero attached hydrogens (tertiary/aromatic N) is 2. The summed E-state index contributed by atoms with van der Waals surface area (Å²) in [6.45, 7) is 6.35. The van der Waals surface area contributed by atoms with Crippen LogP contribution >= 0.6 is 0 Å². The Hall–Kier alpha value is -1.13. The highest BCUT2D eigenvalue weighted by Gasteiger charge is 2.23. The first kappa shape index (κ1) is 13.3. The van der Waals surface area contributed by atoms with E-state index in [4.69, 9.17) is 9.47 Å². The molecule has 0 amide bonds. The molecule has 0 aliphatic carbocycles. The van der Waals surface area contributed by atoms with E-state index in [1.807, 2.05) is 13.0 Å². The van der Waals surface area contributed by atoms with Gasteiger partial charge >= 0.3 is 0 Å². The minimum Gasteiger partial charge on any atom is -0.382 e. The molecule has 1 atom stereocenters. The monoisotopic (exact) mass is 250 g/mol. The van der Waals surface area contributed by atoms with Crippen LogP contribution in [-0.2, 0) is 9.47 Å². The van der Waals surface area contributed by atoms with Crippen LogP contribution in [0.5, 0.6) is 0 Å². The number of aryl methyl sites for hydroxylation is 1. The van der Waals surface area contributed by atoms with Crippen molar-refractivity contribution in [3.05, 3.63) is 23.9 Å². The summed E-state index contributed by atoms with van der Waals surface area (Å²) >= 11 is 0. The Balaban J connectivity index is 1.78. The zero-order valence-corrected chi connectivity index (χ0v) is 11.3. The number of hydrogen-bond donors (Lipinski definition) is 0. The Morgan fingerprint density at radius 1 is 1.39 bits per heavy atom. The number of pyridine rings is 1. The van der Waals surface area contributed by atoms with Crippen LogP contribution in [0.15, 0.2) is 18.2 Å². The third-order valence-corrected chi connectivity index (χ3v) is 3.27. The molecule has 1 aliphatic heterocycles. The van der Waals surface area contributed by atoms with Crippen molar-refractivity contribution in [3.8, 4) is 0 Å². The average Bonchev–Trinajstić information content (AvgIpc) is 2.83. The molecule has 18 heavy (non-hydrogen) atoms. The van der Waals surface area contributed by atoms with Gasteiger partial charge in [0.2, 0.25) is 0 Å². The molecule has 1 saturated heterocycles. The molecule has 0 N–H and O–H groups in total. The van der Waals surface area contributed by atoms with Gasteiger partial charge in [0, 0.05) is 31.8 Å². The maximum atomic E-state index is 5.59. The topological polar surface area (TPSA) is 34.6 Å². The molecule has 1 fully saturated rings. The predicted octanol–water partition coefficient (Wildman–Crippen LogP) is 1.88. The number of aromatic nitrogens is 1. The highest BCUT2D eigenvalue weighted by molar-refractivity contribution is 5.40. The zero-order valence-electron chi connectivity index (χ0n) is 11.3. The molecule has 2 heterocycles. The molecule has 0 unspecified atom stereocenters. The van der Waals surface area contributed by atoms with E-state index in [1.54, 1.807) is 7.11 Å². The number of rotatable bonds is 6. The molecule has 0 saturated carbocycles. The van der Waals surface area contributed by atoms with E-state index in [2.05, 4.69) is 22.0 Å². The molecule has 1 aromatic rings. The van der Waals surface area contributed by atoms with Crippen LogP contribution in [0, 0.1) is 12.8 Å². The lowest BCUT2D eigenvalue weighted by Gasteiger charge is -2.17. The Labute approximate surface area is 109 Å².